The lowest BCUT2D eigenvalue weighted by Crippen LogP contribution is -2.32. The molecule has 1 aliphatic carbocycles. The van der Waals surface area contributed by atoms with Crippen molar-refractivity contribution in [3.8, 4) is 5.75 Å². The smallest absolute Gasteiger partial charge is 0.341 e. The predicted molar refractivity (Wildman–Crippen MR) is 130 cm³/mol. The Morgan fingerprint density at radius 2 is 2.00 bits per heavy atom. The number of methoxy groups -OCH3 is 1. The molecule has 1 aliphatic rings. The normalized spacial score (nSPS) is 15.7. The van der Waals surface area contributed by atoms with Gasteiger partial charge in [0, 0.05) is 17.5 Å². The number of carbonyl (C=O) groups excluding carboxylic acids is 3. The zero-order chi connectivity index (χ0) is 24.1. The van der Waals surface area contributed by atoms with Gasteiger partial charge >= 0.3 is 5.97 Å². The Morgan fingerprint density at radius 3 is 2.67 bits per heavy atom. The van der Waals surface area contributed by atoms with Crippen LogP contribution >= 0.6 is 11.3 Å². The number of hydrogen-bond donors (Lipinski definition) is 3. The first-order valence-corrected chi connectivity index (χ1v) is 11.9. The van der Waals surface area contributed by atoms with E-state index in [9.17, 15) is 14.4 Å². The van der Waals surface area contributed by atoms with Gasteiger partial charge < -0.3 is 25.4 Å². The van der Waals surface area contributed by atoms with E-state index in [2.05, 4.69) is 22.9 Å². The van der Waals surface area contributed by atoms with Crippen molar-refractivity contribution in [1.82, 2.24) is 0 Å². The zero-order valence-electron chi connectivity index (χ0n) is 19.7. The molecule has 1 aromatic carbocycles. The van der Waals surface area contributed by atoms with Gasteiger partial charge in [-0.2, -0.15) is 0 Å². The summed E-state index contributed by atoms with van der Waals surface area (Å²) in [6.45, 7) is 7.38. The van der Waals surface area contributed by atoms with E-state index in [1.807, 2.05) is 0 Å². The maximum absolute atomic E-state index is 13.1. The summed E-state index contributed by atoms with van der Waals surface area (Å²) in [5.74, 6) is 0.193. The highest BCUT2D eigenvalue weighted by atomic mass is 32.1. The van der Waals surface area contributed by atoms with Crippen LogP contribution in [-0.4, -0.2) is 37.5 Å². The molecular formula is C24H31N3O5S. The minimum Gasteiger partial charge on any atom is -0.495 e. The van der Waals surface area contributed by atoms with Crippen molar-refractivity contribution in [2.45, 2.75) is 53.0 Å². The molecule has 1 heterocycles. The number of amides is 2. The Morgan fingerprint density at radius 1 is 1.24 bits per heavy atom. The molecule has 8 nitrogen and oxygen atoms in total. The van der Waals surface area contributed by atoms with Crippen LogP contribution in [0.4, 0.5) is 16.4 Å². The molecule has 0 unspecified atom stereocenters. The molecule has 2 amide bonds. The predicted octanol–water partition coefficient (Wildman–Crippen LogP) is 4.46. The third kappa shape index (κ3) is 5.84. The summed E-state index contributed by atoms with van der Waals surface area (Å²) < 4.78 is 10.7. The summed E-state index contributed by atoms with van der Waals surface area (Å²) in [4.78, 5) is 38.3. The maximum Gasteiger partial charge on any atom is 0.341 e. The topological polar surface area (TPSA) is 106 Å². The van der Waals surface area contributed by atoms with Gasteiger partial charge in [-0.05, 0) is 62.8 Å². The van der Waals surface area contributed by atoms with Crippen LogP contribution in [0.3, 0.4) is 0 Å². The summed E-state index contributed by atoms with van der Waals surface area (Å²) >= 11 is 1.46. The number of anilines is 3. The fourth-order valence-corrected chi connectivity index (χ4v) is 5.28. The standard InChI is InChI=1S/C24H31N3O5S/c1-6-32-24(30)21-17-9-7-13(2)11-20(17)33-23(21)27-22(29)14(3)25-18-12-16(26-15(4)28)8-10-19(18)31-5/h8,10,12-14,25H,6-7,9,11H2,1-5H3,(H,26,28)(H,27,29)/t13-,14-/m0/s1. The summed E-state index contributed by atoms with van der Waals surface area (Å²) in [5, 5.41) is 9.32. The Bertz CT molecular complexity index is 1050. The Balaban J connectivity index is 1.81. The van der Waals surface area contributed by atoms with Crippen LogP contribution in [-0.2, 0) is 27.2 Å². The molecule has 0 fully saturated rings. The van der Waals surface area contributed by atoms with Crippen molar-refractivity contribution >= 4 is 45.5 Å². The van der Waals surface area contributed by atoms with Gasteiger partial charge in [-0.25, -0.2) is 4.79 Å². The molecule has 0 spiro atoms. The summed E-state index contributed by atoms with van der Waals surface area (Å²) in [6.07, 6.45) is 2.70. The lowest BCUT2D eigenvalue weighted by molar-refractivity contribution is -0.116. The van der Waals surface area contributed by atoms with Gasteiger partial charge in [0.2, 0.25) is 11.8 Å². The minimum atomic E-state index is -0.639. The molecule has 0 bridgehead atoms. The number of nitrogens with one attached hydrogen (secondary N) is 3. The number of fused-ring (bicyclic) bond motifs is 1. The van der Waals surface area contributed by atoms with Gasteiger partial charge in [-0.3, -0.25) is 9.59 Å². The molecule has 33 heavy (non-hydrogen) atoms. The number of ether oxygens (including phenoxy) is 2. The van der Waals surface area contributed by atoms with E-state index < -0.39 is 12.0 Å². The number of hydrogen-bond acceptors (Lipinski definition) is 7. The number of thiophene rings is 1. The maximum atomic E-state index is 13.1. The Labute approximate surface area is 198 Å². The van der Waals surface area contributed by atoms with Crippen LogP contribution in [0, 0.1) is 5.92 Å². The molecule has 3 N–H and O–H groups in total. The van der Waals surface area contributed by atoms with E-state index in [0.29, 0.717) is 33.6 Å². The fraction of sp³-hybridized carbons (Fsp3) is 0.458. The molecule has 0 saturated heterocycles. The fourth-order valence-electron chi connectivity index (χ4n) is 3.88. The largest absolute Gasteiger partial charge is 0.495 e. The summed E-state index contributed by atoms with van der Waals surface area (Å²) in [6, 6.07) is 4.50. The SMILES string of the molecule is CCOC(=O)c1c(NC(=O)[C@H](C)Nc2cc(NC(C)=O)ccc2OC)sc2c1CC[C@H](C)C2. The van der Waals surface area contributed by atoms with Crippen molar-refractivity contribution in [2.75, 3.05) is 29.7 Å². The van der Waals surface area contributed by atoms with E-state index in [0.717, 1.165) is 29.7 Å². The van der Waals surface area contributed by atoms with E-state index in [-0.39, 0.29) is 18.4 Å². The van der Waals surface area contributed by atoms with Gasteiger partial charge in [-0.1, -0.05) is 6.92 Å². The second kappa shape index (κ2) is 10.7. The summed E-state index contributed by atoms with van der Waals surface area (Å²) in [5.41, 5.74) is 2.63. The minimum absolute atomic E-state index is 0.195. The molecule has 9 heteroatoms. The van der Waals surface area contributed by atoms with Crippen LogP contribution in [0.1, 0.15) is 54.9 Å². The van der Waals surface area contributed by atoms with Gasteiger partial charge in [0.25, 0.3) is 0 Å². The van der Waals surface area contributed by atoms with Crippen molar-refractivity contribution in [3.63, 3.8) is 0 Å². The molecular weight excluding hydrogens is 442 g/mol. The zero-order valence-corrected chi connectivity index (χ0v) is 20.5. The van der Waals surface area contributed by atoms with Crippen LogP contribution < -0.4 is 20.7 Å². The highest BCUT2D eigenvalue weighted by Crippen LogP contribution is 2.40. The molecule has 3 rings (SSSR count). The van der Waals surface area contributed by atoms with Gasteiger partial charge in [0.1, 0.15) is 16.8 Å². The average Bonchev–Trinajstić information content (AvgIpc) is 3.10. The van der Waals surface area contributed by atoms with E-state index >= 15 is 0 Å². The third-order valence-corrected chi connectivity index (χ3v) is 6.68. The summed E-state index contributed by atoms with van der Waals surface area (Å²) in [7, 11) is 1.53. The van der Waals surface area contributed by atoms with E-state index in [4.69, 9.17) is 9.47 Å². The van der Waals surface area contributed by atoms with Gasteiger partial charge in [-0.15, -0.1) is 11.3 Å². The molecule has 0 saturated carbocycles. The van der Waals surface area contributed by atoms with Gasteiger partial charge in [0.05, 0.1) is 25.0 Å². The monoisotopic (exact) mass is 473 g/mol. The van der Waals surface area contributed by atoms with Crippen molar-refractivity contribution in [2.24, 2.45) is 5.92 Å². The number of esters is 1. The molecule has 0 radical (unpaired) electrons. The molecule has 0 aliphatic heterocycles. The molecule has 2 atom stereocenters. The number of benzene rings is 1. The second-order valence-electron chi connectivity index (χ2n) is 8.23. The molecule has 178 valence electrons. The highest BCUT2D eigenvalue weighted by molar-refractivity contribution is 7.17. The van der Waals surface area contributed by atoms with Crippen molar-refractivity contribution < 1.29 is 23.9 Å². The lowest BCUT2D eigenvalue weighted by atomic mass is 9.88. The van der Waals surface area contributed by atoms with Crippen molar-refractivity contribution in [1.29, 1.82) is 0 Å². The third-order valence-electron chi connectivity index (χ3n) is 5.51. The highest BCUT2D eigenvalue weighted by Gasteiger charge is 2.30. The van der Waals surface area contributed by atoms with E-state index in [1.165, 1.54) is 25.4 Å². The van der Waals surface area contributed by atoms with Gasteiger partial charge in [0.15, 0.2) is 0 Å². The van der Waals surface area contributed by atoms with Crippen LogP contribution in [0.2, 0.25) is 0 Å². The number of carbonyl (C=O) groups is 3. The Kier molecular flexibility index (Phi) is 7.97. The second-order valence-corrected chi connectivity index (χ2v) is 9.33. The lowest BCUT2D eigenvalue weighted by Gasteiger charge is -2.19. The van der Waals surface area contributed by atoms with Crippen LogP contribution in [0.5, 0.6) is 5.75 Å². The average molecular weight is 474 g/mol. The number of rotatable bonds is 8. The first-order valence-electron chi connectivity index (χ1n) is 11.1. The van der Waals surface area contributed by atoms with Crippen molar-refractivity contribution in [3.05, 3.63) is 34.2 Å². The molecule has 2 aromatic rings. The molecule has 1 aromatic heterocycles. The van der Waals surface area contributed by atoms with Crippen LogP contribution in [0.25, 0.3) is 0 Å². The first-order chi connectivity index (χ1) is 15.7. The first kappa shape index (κ1) is 24.6. The van der Waals surface area contributed by atoms with Crippen LogP contribution in [0.15, 0.2) is 18.2 Å². The quantitative estimate of drug-likeness (QED) is 0.489. The Hall–Kier alpha value is -3.07. The van der Waals surface area contributed by atoms with E-state index in [1.54, 1.807) is 32.0 Å².